The molecule has 1 aliphatic heterocycles. The van der Waals surface area contributed by atoms with Crippen LogP contribution in [0.1, 0.15) is 34.7 Å². The zero-order valence-corrected chi connectivity index (χ0v) is 27.9. The van der Waals surface area contributed by atoms with Crippen LogP contribution < -0.4 is 4.90 Å². The van der Waals surface area contributed by atoms with Crippen molar-refractivity contribution in [2.75, 3.05) is 4.90 Å². The molecule has 1 nitrogen and oxygen atoms in total. The molecule has 1 unspecified atom stereocenters. The van der Waals surface area contributed by atoms with Gasteiger partial charge in [0.15, 0.2) is 0 Å². The highest BCUT2D eigenvalue weighted by molar-refractivity contribution is 6.22. The molecule has 1 aliphatic rings. The third-order valence-corrected chi connectivity index (χ3v) is 10.5. The second-order valence-corrected chi connectivity index (χ2v) is 13.4. The summed E-state index contributed by atoms with van der Waals surface area (Å²) in [7, 11) is 0. The Morgan fingerprint density at radius 1 is 0.449 bits per heavy atom. The first-order valence-corrected chi connectivity index (χ1v) is 17.3. The maximum Gasteiger partial charge on any atom is 0.0626 e. The summed E-state index contributed by atoms with van der Waals surface area (Å²) < 4.78 is 0. The third-order valence-electron chi connectivity index (χ3n) is 10.5. The minimum Gasteiger partial charge on any atom is -0.333 e. The fourth-order valence-electron chi connectivity index (χ4n) is 7.92. The molecule has 0 saturated carbocycles. The van der Waals surface area contributed by atoms with E-state index in [0.29, 0.717) is 0 Å². The van der Waals surface area contributed by atoms with Gasteiger partial charge in [0.25, 0.3) is 0 Å². The SMILES string of the molecule is Cc1ccc(-c2c3ccccc3c(-c3ccc4ccccc4c3)c3ccc(N4C(c5ccccc5)=CCC4c4ccccc4)cc23)cc1C. The number of aryl methyl sites for hydroxylation is 2. The molecule has 0 saturated heterocycles. The van der Waals surface area contributed by atoms with Crippen LogP contribution in [0.15, 0.2) is 170 Å². The van der Waals surface area contributed by atoms with Crippen LogP contribution in [-0.4, -0.2) is 0 Å². The zero-order chi connectivity index (χ0) is 32.9. The molecule has 8 aromatic carbocycles. The number of hydrogen-bond acceptors (Lipinski definition) is 1. The largest absolute Gasteiger partial charge is 0.333 e. The minimum atomic E-state index is 0.208. The van der Waals surface area contributed by atoms with Crippen molar-refractivity contribution in [2.45, 2.75) is 26.3 Å². The number of rotatable bonds is 5. The van der Waals surface area contributed by atoms with Gasteiger partial charge in [0.05, 0.1) is 6.04 Å². The Bertz CT molecular complexity index is 2540. The van der Waals surface area contributed by atoms with Gasteiger partial charge in [-0.15, -0.1) is 0 Å². The van der Waals surface area contributed by atoms with Crippen molar-refractivity contribution in [1.29, 1.82) is 0 Å². The topological polar surface area (TPSA) is 3.24 Å². The average molecular weight is 628 g/mol. The van der Waals surface area contributed by atoms with E-state index in [1.807, 2.05) is 0 Å². The molecule has 8 aromatic rings. The number of fused-ring (bicyclic) bond motifs is 3. The molecule has 1 heterocycles. The quantitative estimate of drug-likeness (QED) is 0.172. The van der Waals surface area contributed by atoms with E-state index in [1.54, 1.807) is 0 Å². The number of hydrogen-bond donors (Lipinski definition) is 0. The molecule has 0 amide bonds. The van der Waals surface area contributed by atoms with Crippen molar-refractivity contribution < 1.29 is 0 Å². The Morgan fingerprint density at radius 3 is 1.82 bits per heavy atom. The molecule has 1 heteroatoms. The molecule has 0 N–H and O–H groups in total. The van der Waals surface area contributed by atoms with E-state index >= 15 is 0 Å². The molecule has 0 aliphatic carbocycles. The van der Waals surface area contributed by atoms with Crippen LogP contribution in [0.3, 0.4) is 0 Å². The van der Waals surface area contributed by atoms with Crippen LogP contribution in [0.25, 0.3) is 60.3 Å². The fourth-order valence-corrected chi connectivity index (χ4v) is 7.92. The predicted octanol–water partition coefficient (Wildman–Crippen LogP) is 13.1. The van der Waals surface area contributed by atoms with Crippen LogP contribution in [0.4, 0.5) is 5.69 Å². The Morgan fingerprint density at radius 2 is 1.06 bits per heavy atom. The third kappa shape index (κ3) is 5.02. The lowest BCUT2D eigenvalue weighted by atomic mass is 9.84. The molecule has 0 spiro atoms. The molecule has 9 rings (SSSR count). The van der Waals surface area contributed by atoms with E-state index in [9.17, 15) is 0 Å². The fraction of sp³-hybridized carbons (Fsp3) is 0.0833. The van der Waals surface area contributed by atoms with Gasteiger partial charge >= 0.3 is 0 Å². The van der Waals surface area contributed by atoms with Gasteiger partial charge in [0.1, 0.15) is 0 Å². The summed E-state index contributed by atoms with van der Waals surface area (Å²) in [5.41, 5.74) is 12.7. The van der Waals surface area contributed by atoms with Gasteiger partial charge in [-0.25, -0.2) is 0 Å². The highest BCUT2D eigenvalue weighted by Crippen LogP contribution is 2.48. The van der Waals surface area contributed by atoms with Crippen molar-refractivity contribution >= 4 is 43.7 Å². The monoisotopic (exact) mass is 627 g/mol. The molecular weight excluding hydrogens is 591 g/mol. The summed E-state index contributed by atoms with van der Waals surface area (Å²) in [5, 5.41) is 7.61. The molecule has 1 atom stereocenters. The molecular formula is C48H37N. The molecule has 0 aromatic heterocycles. The van der Waals surface area contributed by atoms with Crippen LogP contribution in [0, 0.1) is 13.8 Å². The standard InChI is InChI=1S/C48H37N/c1-32-21-22-38(29-33(32)2)48-42-20-12-11-19-41(42)47(39-24-23-34-13-9-10-18-37(34)30-39)43-26-25-40(31-44(43)48)49-45(35-14-5-3-6-15-35)27-28-46(49)36-16-7-4-8-17-36/h3-27,29-31,46H,28H2,1-2H3. The van der Waals surface area contributed by atoms with Gasteiger partial charge in [-0.05, 0) is 115 Å². The first-order chi connectivity index (χ1) is 24.1. The summed E-state index contributed by atoms with van der Waals surface area (Å²) >= 11 is 0. The van der Waals surface area contributed by atoms with E-state index in [2.05, 4.69) is 189 Å². The zero-order valence-electron chi connectivity index (χ0n) is 27.9. The van der Waals surface area contributed by atoms with E-state index < -0.39 is 0 Å². The van der Waals surface area contributed by atoms with Crippen molar-refractivity contribution in [1.82, 2.24) is 0 Å². The molecule has 0 bridgehead atoms. The molecule has 49 heavy (non-hydrogen) atoms. The second kappa shape index (κ2) is 12.0. The maximum absolute atomic E-state index is 2.57. The van der Waals surface area contributed by atoms with Crippen molar-refractivity contribution in [2.24, 2.45) is 0 Å². The lowest BCUT2D eigenvalue weighted by molar-refractivity contribution is 0.749. The van der Waals surface area contributed by atoms with E-state index in [-0.39, 0.29) is 6.04 Å². The van der Waals surface area contributed by atoms with Gasteiger partial charge in [0.2, 0.25) is 0 Å². The molecule has 234 valence electrons. The van der Waals surface area contributed by atoms with Gasteiger partial charge < -0.3 is 4.90 Å². The Balaban J connectivity index is 1.36. The second-order valence-electron chi connectivity index (χ2n) is 13.4. The number of anilines is 1. The van der Waals surface area contributed by atoms with Gasteiger partial charge in [-0.1, -0.05) is 152 Å². The summed E-state index contributed by atoms with van der Waals surface area (Å²) in [6.07, 6.45) is 3.37. The first kappa shape index (κ1) is 29.2. The lowest BCUT2D eigenvalue weighted by Gasteiger charge is -2.31. The summed E-state index contributed by atoms with van der Waals surface area (Å²) in [4.78, 5) is 2.57. The molecule has 0 radical (unpaired) electrons. The summed E-state index contributed by atoms with van der Waals surface area (Å²) in [6, 6.07) is 60.8. The Hall–Kier alpha value is -5.92. The van der Waals surface area contributed by atoms with Crippen LogP contribution >= 0.6 is 0 Å². The maximum atomic E-state index is 2.57. The number of benzene rings is 8. The van der Waals surface area contributed by atoms with E-state index in [4.69, 9.17) is 0 Å². The van der Waals surface area contributed by atoms with Crippen molar-refractivity contribution in [3.05, 3.63) is 192 Å². The first-order valence-electron chi connectivity index (χ1n) is 17.3. The normalized spacial score (nSPS) is 14.5. The van der Waals surface area contributed by atoms with Crippen molar-refractivity contribution in [3.8, 4) is 22.3 Å². The smallest absolute Gasteiger partial charge is 0.0626 e. The van der Waals surface area contributed by atoms with Gasteiger partial charge in [-0.2, -0.15) is 0 Å². The number of nitrogens with zero attached hydrogens (tertiary/aromatic N) is 1. The summed E-state index contributed by atoms with van der Waals surface area (Å²) in [5.74, 6) is 0. The minimum absolute atomic E-state index is 0.208. The summed E-state index contributed by atoms with van der Waals surface area (Å²) in [6.45, 7) is 4.43. The van der Waals surface area contributed by atoms with Crippen molar-refractivity contribution in [3.63, 3.8) is 0 Å². The van der Waals surface area contributed by atoms with E-state index in [1.165, 1.54) is 88.2 Å². The van der Waals surface area contributed by atoms with Gasteiger partial charge in [0, 0.05) is 11.4 Å². The van der Waals surface area contributed by atoms with Crippen LogP contribution in [0.5, 0.6) is 0 Å². The van der Waals surface area contributed by atoms with Crippen LogP contribution in [0.2, 0.25) is 0 Å². The Labute approximate surface area is 288 Å². The molecule has 0 fully saturated rings. The highest BCUT2D eigenvalue weighted by Gasteiger charge is 2.30. The predicted molar refractivity (Wildman–Crippen MR) is 210 cm³/mol. The lowest BCUT2D eigenvalue weighted by Crippen LogP contribution is -2.22. The van der Waals surface area contributed by atoms with Crippen LogP contribution in [-0.2, 0) is 0 Å². The highest BCUT2D eigenvalue weighted by atomic mass is 15.2. The average Bonchev–Trinajstić information content (AvgIpc) is 3.61. The Kier molecular flexibility index (Phi) is 7.13. The van der Waals surface area contributed by atoms with E-state index in [0.717, 1.165) is 6.42 Å². The van der Waals surface area contributed by atoms with Gasteiger partial charge in [-0.3, -0.25) is 0 Å².